The van der Waals surface area contributed by atoms with Crippen LogP contribution in [0.25, 0.3) is 10.8 Å². The van der Waals surface area contributed by atoms with Crippen LogP contribution in [0, 0.1) is 6.92 Å². The topological polar surface area (TPSA) is 77.2 Å². The van der Waals surface area contributed by atoms with Crippen molar-refractivity contribution in [3.05, 3.63) is 59.5 Å². The summed E-state index contributed by atoms with van der Waals surface area (Å²) in [5.74, 6) is 0.0476. The number of piperazine rings is 1. The number of aryl methyl sites for hydroxylation is 2. The van der Waals surface area contributed by atoms with E-state index >= 15 is 0 Å². The SMILES string of the molecule is CCCc1nc(C)cn2nc(C3=CC(=O)N4C=C(N5CCN(CCO)CC5)C=CC4P3)cc12. The van der Waals surface area contributed by atoms with Crippen molar-refractivity contribution in [2.24, 2.45) is 0 Å². The van der Waals surface area contributed by atoms with Gasteiger partial charge in [0, 0.05) is 50.3 Å². The second-order valence-electron chi connectivity index (χ2n) is 8.80. The van der Waals surface area contributed by atoms with Crippen LogP contribution in [0.4, 0.5) is 0 Å². The molecule has 0 aromatic carbocycles. The number of nitrogens with zero attached hydrogens (tertiary/aromatic N) is 6. The molecule has 2 atom stereocenters. The molecule has 1 saturated heterocycles. The number of carbonyl (C=O) groups is 1. The van der Waals surface area contributed by atoms with Gasteiger partial charge in [-0.25, -0.2) is 4.52 Å². The molecular formula is C24H31N6O2P. The Morgan fingerprint density at radius 1 is 1.24 bits per heavy atom. The molecule has 2 aromatic rings. The standard InChI is InChI=1S/C24H31N6O2P/c1-3-4-19-21-13-20(26-30(21)15-17(2)25-19)22-14-23(32)29-16-18(5-6-24(29)33-22)28-9-7-27(8-10-28)11-12-31/h5-6,13-16,24,31,33H,3-4,7-12H2,1-2H3. The van der Waals surface area contributed by atoms with Gasteiger partial charge in [0.15, 0.2) is 0 Å². The summed E-state index contributed by atoms with van der Waals surface area (Å²) in [6.07, 6.45) is 12.0. The molecule has 8 nitrogen and oxygen atoms in total. The first-order valence-corrected chi connectivity index (χ1v) is 12.8. The predicted octanol–water partition coefficient (Wildman–Crippen LogP) is 2.20. The number of allylic oxidation sites excluding steroid dienone is 1. The second-order valence-corrected chi connectivity index (χ2v) is 10.2. The van der Waals surface area contributed by atoms with E-state index in [1.807, 2.05) is 28.7 Å². The van der Waals surface area contributed by atoms with Gasteiger partial charge >= 0.3 is 0 Å². The number of carbonyl (C=O) groups excluding carboxylic acids is 1. The molecule has 0 saturated carbocycles. The first-order chi connectivity index (χ1) is 16.1. The molecule has 0 bridgehead atoms. The van der Waals surface area contributed by atoms with Gasteiger partial charge in [0.25, 0.3) is 5.91 Å². The van der Waals surface area contributed by atoms with E-state index in [-0.39, 0.29) is 18.3 Å². The van der Waals surface area contributed by atoms with Crippen LogP contribution < -0.4 is 0 Å². The van der Waals surface area contributed by atoms with Crippen molar-refractivity contribution in [2.75, 3.05) is 39.3 Å². The third kappa shape index (κ3) is 4.47. The van der Waals surface area contributed by atoms with Gasteiger partial charge in [-0.05, 0) is 25.5 Å². The summed E-state index contributed by atoms with van der Waals surface area (Å²) in [5.41, 5.74) is 5.00. The number of hydrogen-bond acceptors (Lipinski definition) is 6. The van der Waals surface area contributed by atoms with Crippen LogP contribution in [0.15, 0.2) is 42.4 Å². The van der Waals surface area contributed by atoms with Crippen LogP contribution in [0.3, 0.4) is 0 Å². The van der Waals surface area contributed by atoms with Gasteiger partial charge in [0.05, 0.1) is 46.9 Å². The second kappa shape index (κ2) is 9.37. The summed E-state index contributed by atoms with van der Waals surface area (Å²) in [7, 11) is 0.444. The summed E-state index contributed by atoms with van der Waals surface area (Å²) in [6.45, 7) is 8.73. The molecule has 0 aliphatic carbocycles. The van der Waals surface area contributed by atoms with Crippen LogP contribution >= 0.6 is 8.58 Å². The van der Waals surface area contributed by atoms with Crippen molar-refractivity contribution in [2.45, 2.75) is 32.5 Å². The number of fused-ring (bicyclic) bond motifs is 2. The number of aliphatic hydroxyl groups excluding tert-OH is 1. The Bertz CT molecular complexity index is 1150. The highest BCUT2D eigenvalue weighted by molar-refractivity contribution is 7.51. The Labute approximate surface area is 196 Å². The summed E-state index contributed by atoms with van der Waals surface area (Å²) >= 11 is 0. The number of aliphatic hydroxyl groups is 1. The van der Waals surface area contributed by atoms with Gasteiger partial charge in [-0.3, -0.25) is 14.7 Å². The summed E-state index contributed by atoms with van der Waals surface area (Å²) in [5, 5.41) is 15.0. The fourth-order valence-electron chi connectivity index (χ4n) is 4.71. The van der Waals surface area contributed by atoms with Crippen LogP contribution in [0.2, 0.25) is 0 Å². The monoisotopic (exact) mass is 466 g/mol. The minimum atomic E-state index is 0.00894. The summed E-state index contributed by atoms with van der Waals surface area (Å²) < 4.78 is 1.91. The van der Waals surface area contributed by atoms with E-state index < -0.39 is 0 Å². The van der Waals surface area contributed by atoms with Crippen molar-refractivity contribution in [3.63, 3.8) is 0 Å². The molecule has 5 heterocycles. The molecule has 1 N–H and O–H groups in total. The number of rotatable bonds is 6. The summed E-state index contributed by atoms with van der Waals surface area (Å²) in [6, 6.07) is 2.08. The van der Waals surface area contributed by atoms with Crippen molar-refractivity contribution in [1.82, 2.24) is 29.3 Å². The highest BCUT2D eigenvalue weighted by Crippen LogP contribution is 2.44. The molecule has 9 heteroatoms. The lowest BCUT2D eigenvalue weighted by atomic mass is 10.2. The quantitative estimate of drug-likeness (QED) is 0.658. The molecule has 0 radical (unpaired) electrons. The van der Waals surface area contributed by atoms with Crippen LogP contribution in [-0.4, -0.2) is 85.4 Å². The molecule has 33 heavy (non-hydrogen) atoms. The maximum absolute atomic E-state index is 13.1. The lowest BCUT2D eigenvalue weighted by molar-refractivity contribution is -0.123. The minimum Gasteiger partial charge on any atom is -0.395 e. The molecule has 174 valence electrons. The maximum Gasteiger partial charge on any atom is 0.252 e. The van der Waals surface area contributed by atoms with Crippen molar-refractivity contribution >= 4 is 25.3 Å². The number of amides is 1. The number of β-amino-alcohol motifs (C(OH)–C–C–N with tert-alkyl or cyclic N) is 1. The molecule has 3 aliphatic heterocycles. The molecule has 3 aliphatic rings. The van der Waals surface area contributed by atoms with E-state index in [9.17, 15) is 4.79 Å². The highest BCUT2D eigenvalue weighted by Gasteiger charge is 2.31. The van der Waals surface area contributed by atoms with E-state index in [1.165, 1.54) is 0 Å². The van der Waals surface area contributed by atoms with E-state index in [0.717, 1.165) is 79.2 Å². The minimum absolute atomic E-state index is 0.00894. The maximum atomic E-state index is 13.1. The lowest BCUT2D eigenvalue weighted by Gasteiger charge is -2.39. The zero-order valence-electron chi connectivity index (χ0n) is 19.2. The van der Waals surface area contributed by atoms with Crippen molar-refractivity contribution in [3.8, 4) is 0 Å². The van der Waals surface area contributed by atoms with Crippen molar-refractivity contribution < 1.29 is 9.90 Å². The molecule has 1 amide bonds. The first-order valence-electron chi connectivity index (χ1n) is 11.7. The van der Waals surface area contributed by atoms with Gasteiger partial charge in [-0.15, -0.1) is 0 Å². The first kappa shape index (κ1) is 22.3. The zero-order chi connectivity index (χ0) is 22.9. The number of aromatic nitrogens is 3. The van der Waals surface area contributed by atoms with Gasteiger partial charge < -0.3 is 14.9 Å². The highest BCUT2D eigenvalue weighted by atomic mass is 31.1. The Hall–Kier alpha value is -2.54. The van der Waals surface area contributed by atoms with E-state index in [2.05, 4.69) is 34.9 Å². The van der Waals surface area contributed by atoms with Gasteiger partial charge in [-0.1, -0.05) is 28.0 Å². The van der Waals surface area contributed by atoms with Crippen molar-refractivity contribution in [1.29, 1.82) is 0 Å². The smallest absolute Gasteiger partial charge is 0.252 e. The molecular weight excluding hydrogens is 435 g/mol. The van der Waals surface area contributed by atoms with Gasteiger partial charge in [0.2, 0.25) is 0 Å². The fourth-order valence-corrected chi connectivity index (χ4v) is 6.04. The molecule has 2 aromatic heterocycles. The van der Waals surface area contributed by atoms with E-state index in [4.69, 9.17) is 15.2 Å². The van der Waals surface area contributed by atoms with E-state index in [1.54, 1.807) is 6.08 Å². The molecule has 0 spiro atoms. The molecule has 5 rings (SSSR count). The Kier molecular flexibility index (Phi) is 6.32. The number of hydrogen-bond donors (Lipinski definition) is 1. The molecule has 1 fully saturated rings. The average Bonchev–Trinajstić information content (AvgIpc) is 3.24. The largest absolute Gasteiger partial charge is 0.395 e. The summed E-state index contributed by atoms with van der Waals surface area (Å²) in [4.78, 5) is 24.3. The average molecular weight is 467 g/mol. The Morgan fingerprint density at radius 2 is 2.06 bits per heavy atom. The molecule has 2 unspecified atom stereocenters. The van der Waals surface area contributed by atoms with Gasteiger partial charge in [-0.2, -0.15) is 5.10 Å². The third-order valence-corrected chi connectivity index (χ3v) is 7.89. The lowest BCUT2D eigenvalue weighted by Crippen LogP contribution is -2.47. The van der Waals surface area contributed by atoms with Crippen LogP contribution in [-0.2, 0) is 11.2 Å². The van der Waals surface area contributed by atoms with E-state index in [0.29, 0.717) is 8.58 Å². The zero-order valence-corrected chi connectivity index (χ0v) is 20.2. The third-order valence-electron chi connectivity index (χ3n) is 6.41. The fraction of sp³-hybridized carbons (Fsp3) is 0.458. The van der Waals surface area contributed by atoms with Crippen LogP contribution in [0.5, 0.6) is 0 Å². The van der Waals surface area contributed by atoms with Crippen LogP contribution in [0.1, 0.15) is 30.4 Å². The normalized spacial score (nSPS) is 22.2. The van der Waals surface area contributed by atoms with Gasteiger partial charge in [0.1, 0.15) is 0 Å². The predicted molar refractivity (Wildman–Crippen MR) is 131 cm³/mol. The Balaban J connectivity index is 1.36. The Morgan fingerprint density at radius 3 is 2.82 bits per heavy atom.